The van der Waals surface area contributed by atoms with Crippen molar-refractivity contribution in [2.24, 2.45) is 0 Å². The molecule has 2 aromatic carbocycles. The SMILES string of the molecule is Cc1cc(C#N)cc(C)c1Nc1nc(NC2CCN(c3cccc(CC(=O)N(C)C)c3)CC2)ncc1Br. The van der Waals surface area contributed by atoms with Crippen molar-refractivity contribution < 1.29 is 4.79 Å². The van der Waals surface area contributed by atoms with Crippen LogP contribution in [0, 0.1) is 25.2 Å². The van der Waals surface area contributed by atoms with Gasteiger partial charge in [0.05, 0.1) is 22.5 Å². The molecule has 0 bridgehead atoms. The van der Waals surface area contributed by atoms with Crippen molar-refractivity contribution in [3.8, 4) is 6.07 Å². The highest BCUT2D eigenvalue weighted by Crippen LogP contribution is 2.30. The number of nitrogens with zero attached hydrogens (tertiary/aromatic N) is 5. The lowest BCUT2D eigenvalue weighted by molar-refractivity contribution is -0.127. The average molecular weight is 563 g/mol. The van der Waals surface area contributed by atoms with Crippen molar-refractivity contribution in [1.82, 2.24) is 14.9 Å². The molecule has 0 spiro atoms. The fourth-order valence-corrected chi connectivity index (χ4v) is 4.82. The number of amides is 1. The Kier molecular flexibility index (Phi) is 8.29. The fourth-order valence-electron chi connectivity index (χ4n) is 4.53. The first-order valence-electron chi connectivity index (χ1n) is 12.3. The number of carbonyl (C=O) groups excluding carboxylic acids is 1. The number of aromatic nitrogens is 2. The molecule has 0 atom stereocenters. The molecule has 0 unspecified atom stereocenters. The molecule has 2 N–H and O–H groups in total. The maximum absolute atomic E-state index is 12.1. The minimum Gasteiger partial charge on any atom is -0.371 e. The van der Waals surface area contributed by atoms with Crippen LogP contribution >= 0.6 is 15.9 Å². The van der Waals surface area contributed by atoms with Crippen LogP contribution in [0.1, 0.15) is 35.1 Å². The normalized spacial score (nSPS) is 13.7. The molecule has 4 rings (SSSR count). The van der Waals surface area contributed by atoms with E-state index in [2.05, 4.69) is 54.6 Å². The Hall–Kier alpha value is -3.64. The van der Waals surface area contributed by atoms with Gasteiger partial charge in [0.1, 0.15) is 5.82 Å². The molecule has 2 heterocycles. The van der Waals surface area contributed by atoms with Gasteiger partial charge in [-0.15, -0.1) is 0 Å². The smallest absolute Gasteiger partial charge is 0.226 e. The van der Waals surface area contributed by atoms with Gasteiger partial charge < -0.3 is 20.4 Å². The Labute approximate surface area is 226 Å². The number of hydrogen-bond donors (Lipinski definition) is 2. The van der Waals surface area contributed by atoms with Crippen molar-refractivity contribution in [2.75, 3.05) is 42.7 Å². The van der Waals surface area contributed by atoms with E-state index in [1.807, 2.05) is 38.1 Å². The van der Waals surface area contributed by atoms with Crippen molar-refractivity contribution in [3.05, 3.63) is 69.3 Å². The van der Waals surface area contributed by atoms with Crippen LogP contribution in [0.4, 0.5) is 23.1 Å². The van der Waals surface area contributed by atoms with Gasteiger partial charge in [-0.3, -0.25) is 4.79 Å². The highest BCUT2D eigenvalue weighted by molar-refractivity contribution is 9.10. The van der Waals surface area contributed by atoms with Crippen molar-refractivity contribution in [1.29, 1.82) is 5.26 Å². The number of benzene rings is 2. The monoisotopic (exact) mass is 561 g/mol. The summed E-state index contributed by atoms with van der Waals surface area (Å²) in [6, 6.07) is 14.5. The van der Waals surface area contributed by atoms with Crippen LogP contribution in [0.5, 0.6) is 0 Å². The first-order valence-corrected chi connectivity index (χ1v) is 13.1. The second kappa shape index (κ2) is 11.6. The van der Waals surface area contributed by atoms with Gasteiger partial charge in [-0.05, 0) is 83.6 Å². The Balaban J connectivity index is 1.39. The van der Waals surface area contributed by atoms with Gasteiger partial charge in [0.2, 0.25) is 11.9 Å². The van der Waals surface area contributed by atoms with E-state index in [9.17, 15) is 10.1 Å². The zero-order valence-electron chi connectivity index (χ0n) is 21.7. The zero-order chi connectivity index (χ0) is 26.5. The van der Waals surface area contributed by atoms with Crippen LogP contribution in [0.2, 0.25) is 0 Å². The molecule has 192 valence electrons. The molecule has 1 saturated heterocycles. The number of rotatable bonds is 7. The number of carbonyl (C=O) groups is 1. The molecule has 3 aromatic rings. The molecule has 0 aliphatic carbocycles. The molecule has 9 heteroatoms. The van der Waals surface area contributed by atoms with E-state index in [0.29, 0.717) is 23.8 Å². The lowest BCUT2D eigenvalue weighted by Gasteiger charge is -2.34. The summed E-state index contributed by atoms with van der Waals surface area (Å²) < 4.78 is 0.767. The second-order valence-corrected chi connectivity index (χ2v) is 10.5. The zero-order valence-corrected chi connectivity index (χ0v) is 23.3. The van der Waals surface area contributed by atoms with Gasteiger partial charge >= 0.3 is 0 Å². The summed E-state index contributed by atoms with van der Waals surface area (Å²) in [6.45, 7) is 5.78. The van der Waals surface area contributed by atoms with Crippen LogP contribution in [-0.2, 0) is 11.2 Å². The first kappa shape index (κ1) is 26.4. The fraction of sp³-hybridized carbons (Fsp3) is 0.357. The van der Waals surface area contributed by atoms with E-state index < -0.39 is 0 Å². The lowest BCUT2D eigenvalue weighted by atomic mass is 10.0. The Morgan fingerprint density at radius 2 is 1.89 bits per heavy atom. The predicted molar refractivity (Wildman–Crippen MR) is 151 cm³/mol. The van der Waals surface area contributed by atoms with Crippen LogP contribution in [-0.4, -0.2) is 54.0 Å². The average Bonchev–Trinajstić information content (AvgIpc) is 2.88. The van der Waals surface area contributed by atoms with Gasteiger partial charge in [-0.1, -0.05) is 12.1 Å². The first-order chi connectivity index (χ1) is 17.7. The summed E-state index contributed by atoms with van der Waals surface area (Å²) in [6.07, 6.45) is 4.08. The molecular formula is C28H32BrN7O. The molecule has 37 heavy (non-hydrogen) atoms. The van der Waals surface area contributed by atoms with Gasteiger partial charge in [0.15, 0.2) is 0 Å². The van der Waals surface area contributed by atoms with E-state index in [0.717, 1.165) is 58.5 Å². The third-order valence-electron chi connectivity index (χ3n) is 6.61. The highest BCUT2D eigenvalue weighted by atomic mass is 79.9. The summed E-state index contributed by atoms with van der Waals surface area (Å²) in [5.41, 5.74) is 5.74. The van der Waals surface area contributed by atoms with E-state index in [1.54, 1.807) is 25.2 Å². The van der Waals surface area contributed by atoms with Gasteiger partial charge in [-0.2, -0.15) is 10.2 Å². The number of piperidine rings is 1. The Morgan fingerprint density at radius 3 is 2.54 bits per heavy atom. The van der Waals surface area contributed by atoms with E-state index in [-0.39, 0.29) is 11.9 Å². The van der Waals surface area contributed by atoms with Crippen LogP contribution in [0.15, 0.2) is 47.1 Å². The van der Waals surface area contributed by atoms with E-state index in [4.69, 9.17) is 4.98 Å². The minimum atomic E-state index is 0.105. The molecular weight excluding hydrogens is 530 g/mol. The molecule has 0 saturated carbocycles. The standard InChI is InChI=1S/C28H32BrN7O/c1-18-12-21(16-30)13-19(2)26(18)33-27-24(29)17-31-28(34-27)32-22-8-10-36(11-9-22)23-7-5-6-20(14-23)15-25(37)35(3)4/h5-7,12-14,17,22H,8-11,15H2,1-4H3,(H2,31,32,33,34). The molecule has 1 aromatic heterocycles. The summed E-state index contributed by atoms with van der Waals surface area (Å²) in [5.74, 6) is 1.36. The van der Waals surface area contributed by atoms with Gasteiger partial charge in [0.25, 0.3) is 0 Å². The summed E-state index contributed by atoms with van der Waals surface area (Å²) in [5, 5.41) is 16.1. The summed E-state index contributed by atoms with van der Waals surface area (Å²) in [7, 11) is 3.57. The van der Waals surface area contributed by atoms with E-state index in [1.165, 1.54) is 0 Å². The quantitative estimate of drug-likeness (QED) is 0.410. The number of nitrogens with one attached hydrogen (secondary N) is 2. The summed E-state index contributed by atoms with van der Waals surface area (Å²) in [4.78, 5) is 25.3. The largest absolute Gasteiger partial charge is 0.371 e. The lowest BCUT2D eigenvalue weighted by Crippen LogP contribution is -2.39. The minimum absolute atomic E-state index is 0.105. The number of aryl methyl sites for hydroxylation is 2. The molecule has 1 aliphatic heterocycles. The summed E-state index contributed by atoms with van der Waals surface area (Å²) >= 11 is 3.55. The Bertz CT molecular complexity index is 1300. The third kappa shape index (κ3) is 6.57. The number of anilines is 4. The number of nitriles is 1. The van der Waals surface area contributed by atoms with Crippen molar-refractivity contribution in [3.63, 3.8) is 0 Å². The Morgan fingerprint density at radius 1 is 1.19 bits per heavy atom. The second-order valence-electron chi connectivity index (χ2n) is 9.65. The van der Waals surface area contributed by atoms with E-state index >= 15 is 0 Å². The third-order valence-corrected chi connectivity index (χ3v) is 7.19. The van der Waals surface area contributed by atoms with Gasteiger partial charge in [-0.25, -0.2) is 4.98 Å². The highest BCUT2D eigenvalue weighted by Gasteiger charge is 2.21. The van der Waals surface area contributed by atoms with Crippen molar-refractivity contribution in [2.45, 2.75) is 39.2 Å². The number of halogens is 1. The molecule has 8 nitrogen and oxygen atoms in total. The predicted octanol–water partition coefficient (Wildman–Crippen LogP) is 5.18. The number of hydrogen-bond acceptors (Lipinski definition) is 7. The van der Waals surface area contributed by atoms with Crippen molar-refractivity contribution >= 4 is 45.0 Å². The van der Waals surface area contributed by atoms with Crippen LogP contribution in [0.3, 0.4) is 0 Å². The molecule has 1 fully saturated rings. The molecule has 1 amide bonds. The van der Waals surface area contributed by atoms with Crippen LogP contribution in [0.25, 0.3) is 0 Å². The van der Waals surface area contributed by atoms with Gasteiger partial charge in [0, 0.05) is 50.8 Å². The maximum Gasteiger partial charge on any atom is 0.226 e. The number of likely N-dealkylation sites (N-methyl/N-ethyl adjacent to an activating group) is 1. The molecule has 1 aliphatic rings. The van der Waals surface area contributed by atoms with Crippen LogP contribution < -0.4 is 15.5 Å². The topological polar surface area (TPSA) is 97.2 Å². The molecule has 0 radical (unpaired) electrons. The maximum atomic E-state index is 12.1.